The highest BCUT2D eigenvalue weighted by atomic mass is 16.5. The van der Waals surface area contributed by atoms with Crippen molar-refractivity contribution in [3.05, 3.63) is 11.9 Å². The number of nitrogens with zero attached hydrogens (tertiary/aromatic N) is 2. The third kappa shape index (κ3) is 3.59. The molecular weight excluding hydrogens is 226 g/mol. The molecule has 0 aliphatic heterocycles. The second-order valence-electron chi connectivity index (χ2n) is 5.18. The Hall–Kier alpha value is -1.32. The Morgan fingerprint density at radius 1 is 1.39 bits per heavy atom. The highest BCUT2D eigenvalue weighted by Gasteiger charge is 2.20. The molecule has 0 bridgehead atoms. The molecule has 0 spiro atoms. The lowest BCUT2D eigenvalue weighted by molar-refractivity contribution is 0.123. The molecule has 1 fully saturated rings. The number of anilines is 1. The van der Waals surface area contributed by atoms with Gasteiger partial charge in [0.15, 0.2) is 0 Å². The van der Waals surface area contributed by atoms with Crippen molar-refractivity contribution >= 4 is 5.82 Å². The van der Waals surface area contributed by atoms with Crippen molar-refractivity contribution in [2.24, 2.45) is 5.92 Å². The molecule has 2 unspecified atom stereocenters. The fourth-order valence-corrected chi connectivity index (χ4v) is 2.53. The van der Waals surface area contributed by atoms with Crippen molar-refractivity contribution in [3.63, 3.8) is 0 Å². The molecule has 2 rings (SSSR count). The summed E-state index contributed by atoms with van der Waals surface area (Å²) >= 11 is 0. The van der Waals surface area contributed by atoms with Gasteiger partial charge in [0.05, 0.1) is 0 Å². The second-order valence-corrected chi connectivity index (χ2v) is 5.18. The van der Waals surface area contributed by atoms with E-state index in [9.17, 15) is 0 Å². The first-order valence-electron chi connectivity index (χ1n) is 6.93. The monoisotopic (exact) mass is 249 g/mol. The summed E-state index contributed by atoms with van der Waals surface area (Å²) in [6.07, 6.45) is 5.18. The van der Waals surface area contributed by atoms with E-state index in [0.717, 1.165) is 36.9 Å². The van der Waals surface area contributed by atoms with Crippen LogP contribution in [0.15, 0.2) is 6.07 Å². The van der Waals surface area contributed by atoms with Crippen LogP contribution in [-0.2, 0) is 0 Å². The standard InChI is InChI=1S/C14H23N3O/c1-4-15-13-9-14(17-11(3)16-13)18-12-7-5-6-10(2)8-12/h9-10,12H,4-8H2,1-3H3,(H,15,16,17). The van der Waals surface area contributed by atoms with E-state index < -0.39 is 0 Å². The molecule has 1 saturated carbocycles. The fraction of sp³-hybridized carbons (Fsp3) is 0.714. The first-order valence-corrected chi connectivity index (χ1v) is 6.93. The zero-order valence-electron chi connectivity index (χ0n) is 11.6. The van der Waals surface area contributed by atoms with E-state index in [1.54, 1.807) is 0 Å². The SMILES string of the molecule is CCNc1cc(OC2CCCC(C)C2)nc(C)n1. The van der Waals surface area contributed by atoms with Gasteiger partial charge in [-0.15, -0.1) is 0 Å². The lowest BCUT2D eigenvalue weighted by Gasteiger charge is -2.27. The quantitative estimate of drug-likeness (QED) is 0.890. The number of aryl methyl sites for hydroxylation is 1. The number of hydrogen-bond acceptors (Lipinski definition) is 4. The van der Waals surface area contributed by atoms with Crippen LogP contribution < -0.4 is 10.1 Å². The number of rotatable bonds is 4. The van der Waals surface area contributed by atoms with Gasteiger partial charge in [0.25, 0.3) is 0 Å². The van der Waals surface area contributed by atoms with E-state index in [-0.39, 0.29) is 0 Å². The van der Waals surface area contributed by atoms with Crippen LogP contribution in [0, 0.1) is 12.8 Å². The Labute approximate surface area is 109 Å². The molecule has 1 aromatic rings. The van der Waals surface area contributed by atoms with E-state index in [0.29, 0.717) is 12.0 Å². The minimum Gasteiger partial charge on any atom is -0.474 e. The first-order chi connectivity index (χ1) is 8.67. The number of ether oxygens (including phenoxy) is 1. The van der Waals surface area contributed by atoms with Crippen LogP contribution in [0.1, 0.15) is 45.4 Å². The maximum atomic E-state index is 6.00. The summed E-state index contributed by atoms with van der Waals surface area (Å²) in [5.74, 6) is 3.08. The van der Waals surface area contributed by atoms with Gasteiger partial charge in [-0.25, -0.2) is 4.98 Å². The minimum absolute atomic E-state index is 0.317. The van der Waals surface area contributed by atoms with Crippen molar-refractivity contribution in [1.82, 2.24) is 9.97 Å². The molecule has 2 atom stereocenters. The third-order valence-electron chi connectivity index (χ3n) is 3.35. The van der Waals surface area contributed by atoms with E-state index in [4.69, 9.17) is 4.74 Å². The zero-order chi connectivity index (χ0) is 13.0. The van der Waals surface area contributed by atoms with E-state index in [2.05, 4.69) is 29.1 Å². The zero-order valence-corrected chi connectivity index (χ0v) is 11.6. The fourth-order valence-electron chi connectivity index (χ4n) is 2.53. The maximum Gasteiger partial charge on any atom is 0.218 e. The van der Waals surface area contributed by atoms with Crippen molar-refractivity contribution in [2.45, 2.75) is 52.6 Å². The third-order valence-corrected chi connectivity index (χ3v) is 3.35. The predicted octanol–water partition coefficient (Wildman–Crippen LogP) is 3.17. The largest absolute Gasteiger partial charge is 0.474 e. The van der Waals surface area contributed by atoms with Crippen molar-refractivity contribution in [3.8, 4) is 5.88 Å². The Bertz CT molecular complexity index is 395. The van der Waals surface area contributed by atoms with Gasteiger partial charge in [-0.3, -0.25) is 0 Å². The highest BCUT2D eigenvalue weighted by Crippen LogP contribution is 2.27. The normalized spacial score (nSPS) is 23.7. The van der Waals surface area contributed by atoms with E-state index >= 15 is 0 Å². The molecular formula is C14H23N3O. The average Bonchev–Trinajstić information content (AvgIpc) is 2.28. The van der Waals surface area contributed by atoms with Crippen LogP contribution in [0.4, 0.5) is 5.82 Å². The summed E-state index contributed by atoms with van der Waals surface area (Å²) in [5, 5.41) is 3.20. The summed E-state index contributed by atoms with van der Waals surface area (Å²) in [6.45, 7) is 7.11. The number of aromatic nitrogens is 2. The summed E-state index contributed by atoms with van der Waals surface area (Å²) in [5.41, 5.74) is 0. The van der Waals surface area contributed by atoms with Gasteiger partial charge in [0.1, 0.15) is 17.7 Å². The number of nitrogens with one attached hydrogen (secondary N) is 1. The Kier molecular flexibility index (Phi) is 4.39. The lowest BCUT2D eigenvalue weighted by Crippen LogP contribution is -2.24. The van der Waals surface area contributed by atoms with Crippen LogP contribution in [0.2, 0.25) is 0 Å². The molecule has 1 aliphatic carbocycles. The van der Waals surface area contributed by atoms with Gasteiger partial charge < -0.3 is 10.1 Å². The molecule has 0 radical (unpaired) electrons. The second kappa shape index (κ2) is 6.03. The molecule has 1 aromatic heterocycles. The molecule has 4 nitrogen and oxygen atoms in total. The van der Waals surface area contributed by atoms with Gasteiger partial charge >= 0.3 is 0 Å². The van der Waals surface area contributed by atoms with Crippen molar-refractivity contribution in [1.29, 1.82) is 0 Å². The molecule has 0 saturated heterocycles. The highest BCUT2D eigenvalue weighted by molar-refractivity contribution is 5.38. The molecule has 18 heavy (non-hydrogen) atoms. The Balaban J connectivity index is 2.03. The van der Waals surface area contributed by atoms with E-state index in [1.807, 2.05) is 13.0 Å². The molecule has 0 aromatic carbocycles. The van der Waals surface area contributed by atoms with E-state index in [1.165, 1.54) is 12.8 Å². The smallest absolute Gasteiger partial charge is 0.218 e. The Morgan fingerprint density at radius 3 is 2.94 bits per heavy atom. The first kappa shape index (κ1) is 13.1. The van der Waals surface area contributed by atoms with Crippen LogP contribution in [-0.4, -0.2) is 22.6 Å². The lowest BCUT2D eigenvalue weighted by atomic mass is 9.89. The van der Waals surface area contributed by atoms with Gasteiger partial charge in [0.2, 0.25) is 5.88 Å². The van der Waals surface area contributed by atoms with Crippen LogP contribution in [0.25, 0.3) is 0 Å². The summed E-state index contributed by atoms with van der Waals surface area (Å²) in [6, 6.07) is 1.90. The van der Waals surface area contributed by atoms with Gasteiger partial charge in [-0.1, -0.05) is 13.3 Å². The molecule has 0 amide bonds. The van der Waals surface area contributed by atoms with Gasteiger partial charge in [0, 0.05) is 12.6 Å². The summed E-state index contributed by atoms with van der Waals surface area (Å²) < 4.78 is 6.00. The molecule has 4 heteroatoms. The summed E-state index contributed by atoms with van der Waals surface area (Å²) in [7, 11) is 0. The predicted molar refractivity (Wildman–Crippen MR) is 73.0 cm³/mol. The van der Waals surface area contributed by atoms with Gasteiger partial charge in [-0.05, 0) is 39.0 Å². The molecule has 1 heterocycles. The molecule has 1 aliphatic rings. The molecule has 1 N–H and O–H groups in total. The molecule has 100 valence electrons. The Morgan fingerprint density at radius 2 is 2.22 bits per heavy atom. The van der Waals surface area contributed by atoms with Gasteiger partial charge in [-0.2, -0.15) is 4.98 Å². The van der Waals surface area contributed by atoms with Crippen LogP contribution >= 0.6 is 0 Å². The van der Waals surface area contributed by atoms with Crippen molar-refractivity contribution < 1.29 is 4.74 Å². The summed E-state index contributed by atoms with van der Waals surface area (Å²) in [4.78, 5) is 8.69. The minimum atomic E-state index is 0.317. The van der Waals surface area contributed by atoms with Crippen LogP contribution in [0.3, 0.4) is 0 Å². The van der Waals surface area contributed by atoms with Crippen molar-refractivity contribution in [2.75, 3.05) is 11.9 Å². The number of hydrogen-bond donors (Lipinski definition) is 1. The maximum absolute atomic E-state index is 6.00. The average molecular weight is 249 g/mol. The van der Waals surface area contributed by atoms with Crippen LogP contribution in [0.5, 0.6) is 5.88 Å². The topological polar surface area (TPSA) is 47.0 Å².